The first-order valence-corrected chi connectivity index (χ1v) is 6.72. The van der Waals surface area contributed by atoms with Crippen molar-refractivity contribution in [2.24, 2.45) is 0 Å². The second kappa shape index (κ2) is 4.86. The minimum absolute atomic E-state index is 0.434. The van der Waals surface area contributed by atoms with E-state index in [0.717, 1.165) is 12.1 Å². The third kappa shape index (κ3) is 2.83. The molecule has 0 amide bonds. The fraction of sp³-hybridized carbons (Fsp3) is 0.200. The van der Waals surface area contributed by atoms with E-state index in [9.17, 15) is 13.2 Å². The van der Waals surface area contributed by atoms with Gasteiger partial charge >= 0.3 is 5.97 Å². The number of carboxylic acids is 1. The predicted molar refractivity (Wildman–Crippen MR) is 63.0 cm³/mol. The molecular weight excluding hydrogens is 274 g/mol. The van der Waals surface area contributed by atoms with Crippen LogP contribution in [0.2, 0.25) is 0 Å². The van der Waals surface area contributed by atoms with Crippen LogP contribution in [0, 0.1) is 0 Å². The molecule has 0 spiro atoms. The van der Waals surface area contributed by atoms with Crippen LogP contribution in [0.15, 0.2) is 34.0 Å². The van der Waals surface area contributed by atoms with E-state index in [1.54, 1.807) is 13.1 Å². The lowest BCUT2D eigenvalue weighted by Crippen LogP contribution is -2.26. The van der Waals surface area contributed by atoms with Crippen molar-refractivity contribution in [3.63, 3.8) is 0 Å². The molecule has 3 N–H and O–H groups in total. The molecule has 0 fully saturated rings. The molecule has 0 saturated heterocycles. The Morgan fingerprint density at radius 3 is 2.79 bits per heavy atom. The number of carbonyl (C=O) groups is 1. The van der Waals surface area contributed by atoms with Crippen LogP contribution in [0.3, 0.4) is 0 Å². The van der Waals surface area contributed by atoms with Gasteiger partial charge in [0.15, 0.2) is 0 Å². The molecule has 0 aliphatic carbocycles. The van der Waals surface area contributed by atoms with Gasteiger partial charge < -0.3 is 9.52 Å². The van der Waals surface area contributed by atoms with E-state index in [2.05, 4.69) is 14.9 Å². The molecule has 102 valence electrons. The quantitative estimate of drug-likeness (QED) is 0.744. The number of furan rings is 1. The van der Waals surface area contributed by atoms with Crippen LogP contribution in [0.4, 0.5) is 0 Å². The van der Waals surface area contributed by atoms with Crippen molar-refractivity contribution in [2.45, 2.75) is 18.1 Å². The van der Waals surface area contributed by atoms with Crippen molar-refractivity contribution >= 4 is 16.0 Å². The molecule has 0 aromatic carbocycles. The summed E-state index contributed by atoms with van der Waals surface area (Å²) in [6, 6.07) is 1.65. The summed E-state index contributed by atoms with van der Waals surface area (Å²) in [5.41, 5.74) is 0.647. The molecule has 1 unspecified atom stereocenters. The summed E-state index contributed by atoms with van der Waals surface area (Å²) in [7, 11) is -3.92. The summed E-state index contributed by atoms with van der Waals surface area (Å²) in [5, 5.41) is 14.5. The maximum atomic E-state index is 11.9. The number of nitrogens with one attached hydrogen (secondary N) is 2. The highest BCUT2D eigenvalue weighted by Gasteiger charge is 2.23. The van der Waals surface area contributed by atoms with Gasteiger partial charge in [-0.3, -0.25) is 5.10 Å². The van der Waals surface area contributed by atoms with Crippen LogP contribution in [0.5, 0.6) is 0 Å². The molecule has 2 aromatic rings. The summed E-state index contributed by atoms with van der Waals surface area (Å²) in [6.45, 7) is 1.63. The third-order valence-electron chi connectivity index (χ3n) is 2.41. The van der Waals surface area contributed by atoms with Gasteiger partial charge in [-0.1, -0.05) is 0 Å². The number of nitrogens with zero attached hydrogens (tertiary/aromatic N) is 1. The Kier molecular flexibility index (Phi) is 3.40. The summed E-state index contributed by atoms with van der Waals surface area (Å²) in [5.74, 6) is -1.76. The number of aromatic amines is 1. The average molecular weight is 285 g/mol. The summed E-state index contributed by atoms with van der Waals surface area (Å²) < 4.78 is 31.0. The van der Waals surface area contributed by atoms with Crippen molar-refractivity contribution < 1.29 is 22.7 Å². The minimum atomic E-state index is -3.92. The number of carboxylic acid groups (broad SMARTS) is 1. The minimum Gasteiger partial charge on any atom is -0.475 e. The van der Waals surface area contributed by atoms with Crippen molar-refractivity contribution in [1.29, 1.82) is 0 Å². The highest BCUT2D eigenvalue weighted by atomic mass is 32.2. The Hall–Kier alpha value is -2.13. The van der Waals surface area contributed by atoms with Crippen LogP contribution in [0.25, 0.3) is 0 Å². The van der Waals surface area contributed by atoms with Crippen molar-refractivity contribution in [3.8, 4) is 0 Å². The zero-order chi connectivity index (χ0) is 14.0. The fourth-order valence-electron chi connectivity index (χ4n) is 1.44. The lowest BCUT2D eigenvalue weighted by Gasteiger charge is -2.10. The Bertz CT molecular complexity index is 674. The van der Waals surface area contributed by atoms with Gasteiger partial charge in [0, 0.05) is 17.8 Å². The normalized spacial score (nSPS) is 13.3. The lowest BCUT2D eigenvalue weighted by molar-refractivity contribution is 0.0656. The van der Waals surface area contributed by atoms with E-state index in [0.29, 0.717) is 5.56 Å². The van der Waals surface area contributed by atoms with Gasteiger partial charge in [-0.05, 0) is 19.1 Å². The van der Waals surface area contributed by atoms with Gasteiger partial charge in [0.05, 0.1) is 6.20 Å². The van der Waals surface area contributed by atoms with Crippen LogP contribution >= 0.6 is 0 Å². The summed E-state index contributed by atoms with van der Waals surface area (Å²) in [6.07, 6.45) is 3.04. The number of aromatic carboxylic acids is 1. The number of H-pyrrole nitrogens is 1. The second-order valence-electron chi connectivity index (χ2n) is 3.80. The van der Waals surface area contributed by atoms with Gasteiger partial charge in [0.2, 0.25) is 10.9 Å². The molecule has 8 nitrogen and oxygen atoms in total. The summed E-state index contributed by atoms with van der Waals surface area (Å²) >= 11 is 0. The molecule has 1 atom stereocenters. The van der Waals surface area contributed by atoms with Gasteiger partial charge in [-0.25, -0.2) is 17.9 Å². The average Bonchev–Trinajstić information content (AvgIpc) is 3.00. The number of rotatable bonds is 5. The van der Waals surface area contributed by atoms with Crippen molar-refractivity contribution in [2.75, 3.05) is 0 Å². The lowest BCUT2D eigenvalue weighted by atomic mass is 10.2. The van der Waals surface area contributed by atoms with E-state index in [-0.39, 0.29) is 0 Å². The Morgan fingerprint density at radius 2 is 2.26 bits per heavy atom. The molecule has 0 saturated carbocycles. The van der Waals surface area contributed by atoms with Gasteiger partial charge in [-0.2, -0.15) is 5.10 Å². The third-order valence-corrected chi connectivity index (χ3v) is 3.82. The van der Waals surface area contributed by atoms with E-state index < -0.39 is 32.9 Å². The zero-order valence-electron chi connectivity index (χ0n) is 9.82. The van der Waals surface area contributed by atoms with E-state index in [4.69, 9.17) is 9.52 Å². The van der Waals surface area contributed by atoms with Crippen molar-refractivity contribution in [3.05, 3.63) is 35.9 Å². The molecule has 19 heavy (non-hydrogen) atoms. The number of hydrogen-bond donors (Lipinski definition) is 3. The van der Waals surface area contributed by atoms with Crippen LogP contribution in [0.1, 0.15) is 29.1 Å². The highest BCUT2D eigenvalue weighted by molar-refractivity contribution is 7.89. The Morgan fingerprint density at radius 1 is 1.53 bits per heavy atom. The first-order valence-electron chi connectivity index (χ1n) is 5.24. The fourth-order valence-corrected chi connectivity index (χ4v) is 2.60. The Labute approximate surface area is 108 Å². The molecule has 0 bridgehead atoms. The number of aromatic nitrogens is 2. The predicted octanol–water partition coefficient (Wildman–Crippen LogP) is 0.740. The first-order chi connectivity index (χ1) is 8.90. The van der Waals surface area contributed by atoms with Gasteiger partial charge in [0.1, 0.15) is 0 Å². The molecule has 0 aliphatic heterocycles. The summed E-state index contributed by atoms with van der Waals surface area (Å²) in [4.78, 5) is 10.6. The van der Waals surface area contributed by atoms with Crippen LogP contribution < -0.4 is 4.72 Å². The SMILES string of the molecule is CC(NS(=O)(=O)c1ccc(C(=O)O)o1)c1cn[nH]c1. The van der Waals surface area contributed by atoms with Crippen molar-refractivity contribution in [1.82, 2.24) is 14.9 Å². The van der Waals surface area contributed by atoms with Crippen LogP contribution in [-0.4, -0.2) is 29.7 Å². The highest BCUT2D eigenvalue weighted by Crippen LogP contribution is 2.18. The first kappa shape index (κ1) is 13.3. The maximum absolute atomic E-state index is 11.9. The van der Waals surface area contributed by atoms with Crippen LogP contribution in [-0.2, 0) is 10.0 Å². The molecule has 0 radical (unpaired) electrons. The van der Waals surface area contributed by atoms with E-state index >= 15 is 0 Å². The Balaban J connectivity index is 2.20. The molecule has 2 heterocycles. The second-order valence-corrected chi connectivity index (χ2v) is 5.44. The molecule has 0 aliphatic rings. The standard InChI is InChI=1S/C10H11N3O5S/c1-6(7-4-11-12-5-7)13-19(16,17)9-3-2-8(18-9)10(14)15/h2-6,13H,1H3,(H,11,12)(H,14,15). The smallest absolute Gasteiger partial charge is 0.371 e. The maximum Gasteiger partial charge on any atom is 0.371 e. The monoisotopic (exact) mass is 285 g/mol. The molecule has 9 heteroatoms. The topological polar surface area (TPSA) is 125 Å². The number of hydrogen-bond acceptors (Lipinski definition) is 5. The van der Waals surface area contributed by atoms with E-state index in [1.165, 1.54) is 6.20 Å². The number of sulfonamides is 1. The largest absolute Gasteiger partial charge is 0.475 e. The van der Waals surface area contributed by atoms with Gasteiger partial charge in [-0.15, -0.1) is 0 Å². The molecular formula is C10H11N3O5S. The molecule has 2 aromatic heterocycles. The van der Waals surface area contributed by atoms with Gasteiger partial charge in [0.25, 0.3) is 10.0 Å². The zero-order valence-corrected chi connectivity index (χ0v) is 10.6. The van der Waals surface area contributed by atoms with E-state index in [1.807, 2.05) is 0 Å². The molecule has 2 rings (SSSR count).